The summed E-state index contributed by atoms with van der Waals surface area (Å²) in [5.41, 5.74) is 0.588. The van der Waals surface area contributed by atoms with Gasteiger partial charge in [0.2, 0.25) is 0 Å². The summed E-state index contributed by atoms with van der Waals surface area (Å²) < 4.78 is 0. The molecule has 0 radical (unpaired) electrons. The number of aromatic nitrogens is 1. The molecular weight excluding hydrogens is 264 g/mol. The van der Waals surface area contributed by atoms with E-state index in [9.17, 15) is 9.59 Å². The molecule has 2 N–H and O–H groups in total. The zero-order valence-corrected chi connectivity index (χ0v) is 12.2. The summed E-state index contributed by atoms with van der Waals surface area (Å²) in [6.45, 7) is 2.92. The molecule has 1 aromatic carbocycles. The number of hydrogen-bond acceptors (Lipinski definition) is 2. The fourth-order valence-corrected chi connectivity index (χ4v) is 3.19. The lowest BCUT2D eigenvalue weighted by molar-refractivity contribution is 0.0935. The lowest BCUT2D eigenvalue weighted by Crippen LogP contribution is -2.34. The Balaban J connectivity index is 1.85. The first-order valence-electron chi connectivity index (χ1n) is 7.48. The smallest absolute Gasteiger partial charge is 0.255 e. The maximum atomic E-state index is 12.4. The zero-order valence-electron chi connectivity index (χ0n) is 12.2. The number of benzene rings is 1. The number of rotatable bonds is 3. The zero-order chi connectivity index (χ0) is 14.9. The van der Waals surface area contributed by atoms with Crippen LogP contribution in [0, 0.1) is 5.41 Å². The first kappa shape index (κ1) is 13.9. The minimum atomic E-state index is -0.162. The van der Waals surface area contributed by atoms with E-state index in [2.05, 4.69) is 17.2 Å². The van der Waals surface area contributed by atoms with Crippen LogP contribution in [0.4, 0.5) is 0 Å². The molecule has 1 saturated carbocycles. The molecule has 1 heterocycles. The monoisotopic (exact) mass is 284 g/mol. The van der Waals surface area contributed by atoms with Crippen LogP contribution >= 0.6 is 0 Å². The Bertz CT molecular complexity index is 727. The van der Waals surface area contributed by atoms with E-state index >= 15 is 0 Å². The molecule has 1 fully saturated rings. The van der Waals surface area contributed by atoms with E-state index in [-0.39, 0.29) is 16.9 Å². The molecule has 0 saturated heterocycles. The lowest BCUT2D eigenvalue weighted by Gasteiger charge is -2.23. The standard InChI is InChI=1S/C17H20N2O2/c1-17(8-4-5-9-17)11-19-16(21)14-10-18-15(20)13-7-3-2-6-12(13)14/h2-3,6-7,10H,4-5,8-9,11H2,1H3,(H,18,20)(H,19,21). The van der Waals surface area contributed by atoms with Gasteiger partial charge in [0.25, 0.3) is 11.5 Å². The van der Waals surface area contributed by atoms with Crippen LogP contribution in [-0.4, -0.2) is 17.4 Å². The van der Waals surface area contributed by atoms with Crippen LogP contribution in [0.15, 0.2) is 35.3 Å². The van der Waals surface area contributed by atoms with Crippen molar-refractivity contribution in [2.24, 2.45) is 5.41 Å². The van der Waals surface area contributed by atoms with Crippen LogP contribution in [0.25, 0.3) is 10.8 Å². The van der Waals surface area contributed by atoms with Crippen molar-refractivity contribution in [3.8, 4) is 0 Å². The number of nitrogens with one attached hydrogen (secondary N) is 2. The summed E-state index contributed by atoms with van der Waals surface area (Å²) in [4.78, 5) is 26.9. The van der Waals surface area contributed by atoms with E-state index in [1.807, 2.05) is 12.1 Å². The van der Waals surface area contributed by atoms with Gasteiger partial charge in [0, 0.05) is 23.5 Å². The molecule has 4 nitrogen and oxygen atoms in total. The number of H-pyrrole nitrogens is 1. The highest BCUT2D eigenvalue weighted by Gasteiger charge is 2.29. The third-order valence-electron chi connectivity index (χ3n) is 4.54. The number of aromatic amines is 1. The third-order valence-corrected chi connectivity index (χ3v) is 4.54. The molecule has 21 heavy (non-hydrogen) atoms. The van der Waals surface area contributed by atoms with E-state index in [4.69, 9.17) is 0 Å². The van der Waals surface area contributed by atoms with Crippen LogP contribution in [0.5, 0.6) is 0 Å². The molecule has 0 atom stereocenters. The van der Waals surface area contributed by atoms with Gasteiger partial charge in [-0.1, -0.05) is 38.0 Å². The second kappa shape index (κ2) is 5.35. The van der Waals surface area contributed by atoms with Crippen molar-refractivity contribution in [1.29, 1.82) is 0 Å². The van der Waals surface area contributed by atoms with E-state index in [0.29, 0.717) is 22.9 Å². The summed E-state index contributed by atoms with van der Waals surface area (Å²) in [6.07, 6.45) is 6.33. The fourth-order valence-electron chi connectivity index (χ4n) is 3.19. The number of amides is 1. The highest BCUT2D eigenvalue weighted by molar-refractivity contribution is 6.06. The van der Waals surface area contributed by atoms with Gasteiger partial charge in [-0.15, -0.1) is 0 Å². The first-order valence-corrected chi connectivity index (χ1v) is 7.48. The van der Waals surface area contributed by atoms with Crippen molar-refractivity contribution in [2.45, 2.75) is 32.6 Å². The largest absolute Gasteiger partial charge is 0.351 e. The molecule has 1 aliphatic rings. The molecule has 1 aliphatic carbocycles. The van der Waals surface area contributed by atoms with Gasteiger partial charge in [-0.25, -0.2) is 0 Å². The number of carbonyl (C=O) groups is 1. The van der Waals surface area contributed by atoms with Gasteiger partial charge in [0.05, 0.1) is 5.56 Å². The summed E-state index contributed by atoms with van der Waals surface area (Å²) in [5, 5.41) is 4.29. The van der Waals surface area contributed by atoms with Crippen molar-refractivity contribution in [3.63, 3.8) is 0 Å². The van der Waals surface area contributed by atoms with Crippen LogP contribution in [-0.2, 0) is 0 Å². The van der Waals surface area contributed by atoms with Crippen molar-refractivity contribution < 1.29 is 4.79 Å². The number of carbonyl (C=O) groups excluding carboxylic acids is 1. The molecule has 1 aromatic heterocycles. The van der Waals surface area contributed by atoms with Crippen LogP contribution in [0.2, 0.25) is 0 Å². The molecular formula is C17H20N2O2. The second-order valence-corrected chi connectivity index (χ2v) is 6.28. The predicted molar refractivity (Wildman–Crippen MR) is 83.5 cm³/mol. The predicted octanol–water partition coefficient (Wildman–Crippen LogP) is 2.84. The van der Waals surface area contributed by atoms with E-state index in [1.54, 1.807) is 12.1 Å². The molecule has 2 aromatic rings. The molecule has 4 heteroatoms. The Hall–Kier alpha value is -2.10. The fraction of sp³-hybridized carbons (Fsp3) is 0.412. The molecule has 0 unspecified atom stereocenters. The van der Waals surface area contributed by atoms with Gasteiger partial charge < -0.3 is 10.3 Å². The molecule has 110 valence electrons. The van der Waals surface area contributed by atoms with Gasteiger partial charge in [-0.3, -0.25) is 9.59 Å². The van der Waals surface area contributed by atoms with Gasteiger partial charge in [-0.05, 0) is 24.3 Å². The van der Waals surface area contributed by atoms with E-state index in [1.165, 1.54) is 31.9 Å². The first-order chi connectivity index (χ1) is 10.1. The maximum absolute atomic E-state index is 12.4. The minimum Gasteiger partial charge on any atom is -0.351 e. The number of hydrogen-bond donors (Lipinski definition) is 2. The van der Waals surface area contributed by atoms with Crippen molar-refractivity contribution in [3.05, 3.63) is 46.4 Å². The third kappa shape index (κ3) is 2.71. The van der Waals surface area contributed by atoms with E-state index in [0.717, 1.165) is 0 Å². The van der Waals surface area contributed by atoms with Crippen LogP contribution in [0.1, 0.15) is 43.0 Å². The van der Waals surface area contributed by atoms with Gasteiger partial charge in [-0.2, -0.15) is 0 Å². The summed E-state index contributed by atoms with van der Waals surface area (Å²) in [7, 11) is 0. The second-order valence-electron chi connectivity index (χ2n) is 6.28. The Kier molecular flexibility index (Phi) is 3.53. The van der Waals surface area contributed by atoms with Gasteiger partial charge in [0.15, 0.2) is 0 Å². The summed E-state index contributed by atoms with van der Waals surface area (Å²) in [6, 6.07) is 7.20. The average Bonchev–Trinajstić information content (AvgIpc) is 2.93. The Morgan fingerprint density at radius 2 is 1.90 bits per heavy atom. The quantitative estimate of drug-likeness (QED) is 0.910. The van der Waals surface area contributed by atoms with Gasteiger partial charge in [0.1, 0.15) is 0 Å². The summed E-state index contributed by atoms with van der Waals surface area (Å²) in [5.74, 6) is -0.115. The van der Waals surface area contributed by atoms with Crippen molar-refractivity contribution in [2.75, 3.05) is 6.54 Å². The van der Waals surface area contributed by atoms with Gasteiger partial charge >= 0.3 is 0 Å². The number of pyridine rings is 1. The molecule has 1 amide bonds. The minimum absolute atomic E-state index is 0.115. The Morgan fingerprint density at radius 1 is 1.24 bits per heavy atom. The highest BCUT2D eigenvalue weighted by atomic mass is 16.1. The summed E-state index contributed by atoms with van der Waals surface area (Å²) >= 11 is 0. The number of fused-ring (bicyclic) bond motifs is 1. The maximum Gasteiger partial charge on any atom is 0.255 e. The van der Waals surface area contributed by atoms with E-state index < -0.39 is 0 Å². The SMILES string of the molecule is CC1(CNC(=O)c2c[nH]c(=O)c3ccccc23)CCCC1. The molecule has 3 rings (SSSR count). The topological polar surface area (TPSA) is 62.0 Å². The molecule has 0 aliphatic heterocycles. The highest BCUT2D eigenvalue weighted by Crippen LogP contribution is 2.36. The molecule has 0 bridgehead atoms. The van der Waals surface area contributed by atoms with Crippen LogP contribution < -0.4 is 10.9 Å². The average molecular weight is 284 g/mol. The normalized spacial score (nSPS) is 17.0. The Labute approximate surface area is 123 Å². The Morgan fingerprint density at radius 3 is 2.62 bits per heavy atom. The van der Waals surface area contributed by atoms with Crippen molar-refractivity contribution in [1.82, 2.24) is 10.3 Å². The van der Waals surface area contributed by atoms with Crippen molar-refractivity contribution >= 4 is 16.7 Å². The molecule has 0 spiro atoms. The lowest BCUT2D eigenvalue weighted by atomic mass is 9.89. The van der Waals surface area contributed by atoms with Crippen LogP contribution in [0.3, 0.4) is 0 Å².